The maximum absolute atomic E-state index is 12.5. The Morgan fingerprint density at radius 3 is 2.40 bits per heavy atom. The first-order chi connectivity index (χ1) is 16.8. The van der Waals surface area contributed by atoms with Crippen molar-refractivity contribution in [3.05, 3.63) is 74.8 Å². The molecule has 0 saturated heterocycles. The zero-order valence-corrected chi connectivity index (χ0v) is 19.9. The molecule has 1 aliphatic rings. The normalized spacial score (nSPS) is 13.1. The summed E-state index contributed by atoms with van der Waals surface area (Å²) < 4.78 is 0. The second-order valence-corrected chi connectivity index (χ2v) is 8.42. The Labute approximate surface area is 210 Å². The van der Waals surface area contributed by atoms with Gasteiger partial charge in [0.2, 0.25) is 11.7 Å². The highest BCUT2D eigenvalue weighted by atomic mass is 35.5. The van der Waals surface area contributed by atoms with Gasteiger partial charge in [-0.2, -0.15) is 0 Å². The SMILES string of the molecule is Nc1nc(NCCNc2ccc(N3CC=CCC3=O)c(-c3ccc(Cl)cc3Cl)n2)ccc1[N+](=O)[O-]. The van der Waals surface area contributed by atoms with Gasteiger partial charge >= 0.3 is 5.69 Å². The Morgan fingerprint density at radius 2 is 1.74 bits per heavy atom. The monoisotopic (exact) mass is 513 g/mol. The van der Waals surface area contributed by atoms with E-state index >= 15 is 0 Å². The molecule has 1 amide bonds. The van der Waals surface area contributed by atoms with Crippen LogP contribution in [0.1, 0.15) is 6.42 Å². The van der Waals surface area contributed by atoms with Crippen LogP contribution in [0.25, 0.3) is 11.3 Å². The minimum absolute atomic E-state index is 0.0274. The van der Waals surface area contributed by atoms with Gasteiger partial charge in [0.15, 0.2) is 0 Å². The molecule has 12 heteroatoms. The van der Waals surface area contributed by atoms with Crippen LogP contribution in [0.4, 0.5) is 28.8 Å². The molecular weight excluding hydrogens is 493 g/mol. The minimum atomic E-state index is -0.582. The number of carbonyl (C=O) groups excluding carboxylic acids is 1. The Kier molecular flexibility index (Phi) is 7.33. The van der Waals surface area contributed by atoms with Gasteiger partial charge < -0.3 is 21.3 Å². The number of rotatable bonds is 8. The van der Waals surface area contributed by atoms with Crippen LogP contribution in [-0.4, -0.2) is 40.4 Å². The van der Waals surface area contributed by atoms with Gasteiger partial charge in [-0.1, -0.05) is 35.4 Å². The van der Waals surface area contributed by atoms with E-state index in [0.29, 0.717) is 64.7 Å². The molecule has 0 spiro atoms. The van der Waals surface area contributed by atoms with Crippen LogP contribution >= 0.6 is 23.2 Å². The molecule has 35 heavy (non-hydrogen) atoms. The molecule has 1 aromatic carbocycles. The number of pyridine rings is 2. The summed E-state index contributed by atoms with van der Waals surface area (Å²) in [5.41, 5.74) is 7.24. The molecule has 0 bridgehead atoms. The number of halogens is 2. The second-order valence-electron chi connectivity index (χ2n) is 7.58. The molecule has 10 nitrogen and oxygen atoms in total. The molecule has 2 aromatic heterocycles. The lowest BCUT2D eigenvalue weighted by Crippen LogP contribution is -2.33. The zero-order chi connectivity index (χ0) is 24.9. The molecule has 0 aliphatic carbocycles. The largest absolute Gasteiger partial charge is 0.378 e. The number of nitrogens with two attached hydrogens (primary N) is 1. The molecule has 1 aliphatic heterocycles. The molecule has 4 rings (SSSR count). The molecule has 0 fully saturated rings. The number of aromatic nitrogens is 2. The summed E-state index contributed by atoms with van der Waals surface area (Å²) in [6.45, 7) is 1.35. The Balaban J connectivity index is 1.51. The quantitative estimate of drug-likeness (QED) is 0.169. The predicted molar refractivity (Wildman–Crippen MR) is 138 cm³/mol. The van der Waals surface area contributed by atoms with Crippen LogP contribution in [-0.2, 0) is 4.79 Å². The number of hydrogen-bond acceptors (Lipinski definition) is 8. The fourth-order valence-electron chi connectivity index (χ4n) is 3.56. The van der Waals surface area contributed by atoms with Crippen LogP contribution in [0.3, 0.4) is 0 Å². The minimum Gasteiger partial charge on any atom is -0.378 e. The highest BCUT2D eigenvalue weighted by Crippen LogP contribution is 2.37. The lowest BCUT2D eigenvalue weighted by molar-refractivity contribution is -0.384. The predicted octanol–water partition coefficient (Wildman–Crippen LogP) is 4.76. The summed E-state index contributed by atoms with van der Waals surface area (Å²) in [4.78, 5) is 33.2. The number of amides is 1. The van der Waals surface area contributed by atoms with Gasteiger partial charge in [0, 0.05) is 42.7 Å². The standard InChI is InChI=1S/C23H21Cl2N7O3/c24-14-4-5-15(16(25)13-14)22-17(31-12-2-1-3-21(31)33)6-8-19(29-22)27-10-11-28-20-9-7-18(32(34)35)23(26)30-20/h1-2,4-9,13H,3,10-12H2,(H,27,29)(H3,26,28,30). The van der Waals surface area contributed by atoms with Crippen LogP contribution in [0.2, 0.25) is 10.0 Å². The van der Waals surface area contributed by atoms with Crippen molar-refractivity contribution < 1.29 is 9.72 Å². The summed E-state index contributed by atoms with van der Waals surface area (Å²) in [6.07, 6.45) is 4.10. The summed E-state index contributed by atoms with van der Waals surface area (Å²) in [7, 11) is 0. The average molecular weight is 514 g/mol. The van der Waals surface area contributed by atoms with E-state index in [1.54, 1.807) is 29.2 Å². The molecule has 3 heterocycles. The van der Waals surface area contributed by atoms with Crippen molar-refractivity contribution in [2.45, 2.75) is 6.42 Å². The van der Waals surface area contributed by atoms with Crippen LogP contribution in [0, 0.1) is 10.1 Å². The topological polar surface area (TPSA) is 139 Å². The summed E-state index contributed by atoms with van der Waals surface area (Å²) in [6, 6.07) is 11.5. The van der Waals surface area contributed by atoms with Gasteiger partial charge in [-0.25, -0.2) is 9.97 Å². The Hall–Kier alpha value is -3.89. The zero-order valence-electron chi connectivity index (χ0n) is 18.4. The van der Waals surface area contributed by atoms with Crippen LogP contribution < -0.4 is 21.3 Å². The van der Waals surface area contributed by atoms with Gasteiger partial charge in [-0.15, -0.1) is 0 Å². The van der Waals surface area contributed by atoms with E-state index in [1.807, 2.05) is 18.2 Å². The summed E-state index contributed by atoms with van der Waals surface area (Å²) >= 11 is 12.5. The molecule has 0 atom stereocenters. The fraction of sp³-hybridized carbons (Fsp3) is 0.174. The summed E-state index contributed by atoms with van der Waals surface area (Å²) in [5, 5.41) is 18.1. The van der Waals surface area contributed by atoms with Crippen molar-refractivity contribution >= 4 is 57.9 Å². The first-order valence-corrected chi connectivity index (χ1v) is 11.4. The van der Waals surface area contributed by atoms with E-state index in [9.17, 15) is 14.9 Å². The third-order valence-corrected chi connectivity index (χ3v) is 5.78. The van der Waals surface area contributed by atoms with Gasteiger partial charge in [-0.3, -0.25) is 14.9 Å². The van der Waals surface area contributed by atoms with E-state index in [-0.39, 0.29) is 17.4 Å². The lowest BCUT2D eigenvalue weighted by Gasteiger charge is -2.26. The van der Waals surface area contributed by atoms with E-state index in [4.69, 9.17) is 33.9 Å². The smallest absolute Gasteiger partial charge is 0.311 e. The number of nitrogen functional groups attached to an aromatic ring is 1. The first-order valence-electron chi connectivity index (χ1n) is 10.6. The van der Waals surface area contributed by atoms with E-state index in [1.165, 1.54) is 12.1 Å². The van der Waals surface area contributed by atoms with Crippen LogP contribution in [0.5, 0.6) is 0 Å². The molecule has 0 saturated carbocycles. The van der Waals surface area contributed by atoms with Gasteiger partial charge in [-0.05, 0) is 36.4 Å². The third-order valence-electron chi connectivity index (χ3n) is 5.24. The highest BCUT2D eigenvalue weighted by molar-refractivity contribution is 6.36. The second kappa shape index (κ2) is 10.6. The average Bonchev–Trinajstić information content (AvgIpc) is 2.82. The maximum atomic E-state index is 12.5. The Bertz CT molecular complexity index is 1320. The van der Waals surface area contributed by atoms with Crippen molar-refractivity contribution in [2.75, 3.05) is 40.9 Å². The molecule has 0 unspecified atom stereocenters. The fourth-order valence-corrected chi connectivity index (χ4v) is 4.06. The van der Waals surface area contributed by atoms with E-state index in [2.05, 4.69) is 15.6 Å². The van der Waals surface area contributed by atoms with Gasteiger partial charge in [0.25, 0.3) is 0 Å². The lowest BCUT2D eigenvalue weighted by atomic mass is 10.1. The molecular formula is C23H21Cl2N7O3. The van der Waals surface area contributed by atoms with Crippen molar-refractivity contribution in [3.8, 4) is 11.3 Å². The molecule has 4 N–H and O–H groups in total. The number of benzene rings is 1. The van der Waals surface area contributed by atoms with Crippen LogP contribution in [0.15, 0.2) is 54.6 Å². The highest BCUT2D eigenvalue weighted by Gasteiger charge is 2.22. The van der Waals surface area contributed by atoms with Gasteiger partial charge in [0.1, 0.15) is 11.6 Å². The third kappa shape index (κ3) is 5.61. The molecule has 0 radical (unpaired) electrons. The van der Waals surface area contributed by atoms with Crippen molar-refractivity contribution in [3.63, 3.8) is 0 Å². The number of nitrogens with one attached hydrogen (secondary N) is 2. The first kappa shape index (κ1) is 24.2. The van der Waals surface area contributed by atoms with E-state index < -0.39 is 4.92 Å². The van der Waals surface area contributed by atoms with E-state index in [0.717, 1.165) is 0 Å². The summed E-state index contributed by atoms with van der Waals surface area (Å²) in [5.74, 6) is 0.813. The molecule has 3 aromatic rings. The Morgan fingerprint density at radius 1 is 1.03 bits per heavy atom. The molecule has 180 valence electrons. The van der Waals surface area contributed by atoms with Crippen molar-refractivity contribution in [1.82, 2.24) is 9.97 Å². The maximum Gasteiger partial charge on any atom is 0.311 e. The van der Waals surface area contributed by atoms with Crippen molar-refractivity contribution in [2.24, 2.45) is 0 Å². The van der Waals surface area contributed by atoms with Crippen molar-refractivity contribution in [1.29, 1.82) is 0 Å². The number of nitrogens with zero attached hydrogens (tertiary/aromatic N) is 4. The number of nitro groups is 1. The number of hydrogen-bond donors (Lipinski definition) is 3. The number of anilines is 4. The number of carbonyl (C=O) groups is 1. The van der Waals surface area contributed by atoms with Gasteiger partial charge in [0.05, 0.1) is 21.3 Å².